The number of hydrogen-bond acceptors (Lipinski definition) is 7. The molecule has 0 fully saturated rings. The van der Waals surface area contributed by atoms with Crippen molar-refractivity contribution in [3.63, 3.8) is 0 Å². The Bertz CT molecular complexity index is 1140. The van der Waals surface area contributed by atoms with Gasteiger partial charge in [-0.15, -0.1) is 0 Å². The Kier molecular flexibility index (Phi) is 9.48. The second-order valence-corrected chi connectivity index (χ2v) is 9.40. The third kappa shape index (κ3) is 6.78. The maximum Gasteiger partial charge on any atom is 0.326 e. The Morgan fingerprint density at radius 2 is 1.59 bits per heavy atom. The van der Waals surface area contributed by atoms with E-state index in [-0.39, 0.29) is 24.3 Å². The van der Waals surface area contributed by atoms with Gasteiger partial charge in [-0.2, -0.15) is 0 Å². The number of carboxylic acids is 1. The molecule has 0 saturated carbocycles. The molecule has 3 atom stereocenters. The molecule has 2 aromatic carbocycles. The van der Waals surface area contributed by atoms with Crippen LogP contribution in [0.5, 0.6) is 11.5 Å². The number of phenols is 2. The van der Waals surface area contributed by atoms with Crippen molar-refractivity contribution < 1.29 is 29.7 Å². The van der Waals surface area contributed by atoms with Gasteiger partial charge in [0, 0.05) is 19.9 Å². The molecule has 1 aliphatic heterocycles. The van der Waals surface area contributed by atoms with Crippen LogP contribution in [0.2, 0.25) is 0 Å². The predicted octanol–water partition coefficient (Wildman–Crippen LogP) is 1.24. The first-order valence-electron chi connectivity index (χ1n) is 12.4. The molecule has 37 heavy (non-hydrogen) atoms. The maximum absolute atomic E-state index is 13.5. The normalized spacial score (nSPS) is 20.6. The van der Waals surface area contributed by atoms with Crippen LogP contribution in [0, 0.1) is 0 Å². The fourth-order valence-electron chi connectivity index (χ4n) is 4.58. The van der Waals surface area contributed by atoms with Crippen molar-refractivity contribution in [2.45, 2.75) is 50.2 Å². The smallest absolute Gasteiger partial charge is 0.326 e. The largest absolute Gasteiger partial charge is 0.508 e. The summed E-state index contributed by atoms with van der Waals surface area (Å²) in [6, 6.07) is 6.97. The number of likely N-dealkylation sites (N-methyl/N-ethyl adjacent to an activating group) is 2. The molecule has 0 aromatic heterocycles. The second kappa shape index (κ2) is 12.6. The molecule has 0 radical (unpaired) electrons. The number of carbonyl (C=O) groups excluding carboxylic acids is 2. The zero-order chi connectivity index (χ0) is 27.1. The van der Waals surface area contributed by atoms with E-state index < -0.39 is 35.9 Å². The summed E-state index contributed by atoms with van der Waals surface area (Å²) in [7, 11) is 4.86. The SMILES string of the molecule is CNCCCC[C@@H]1NC(=O)[C@@H](NC)Cc2cc(ccc2O)-c2ccc(O)c(c2)C[C@@H](C(=O)O)N(C)C1=O. The Morgan fingerprint density at radius 1 is 1.00 bits per heavy atom. The molecule has 200 valence electrons. The zero-order valence-electron chi connectivity index (χ0n) is 21.5. The number of amides is 2. The fourth-order valence-corrected chi connectivity index (χ4v) is 4.58. The van der Waals surface area contributed by atoms with Crippen LogP contribution in [-0.4, -0.2) is 83.8 Å². The lowest BCUT2D eigenvalue weighted by molar-refractivity contribution is -0.150. The third-order valence-corrected chi connectivity index (χ3v) is 6.88. The van der Waals surface area contributed by atoms with Gasteiger partial charge in [0.1, 0.15) is 23.6 Å². The summed E-state index contributed by atoms with van der Waals surface area (Å²) >= 11 is 0. The van der Waals surface area contributed by atoms with Gasteiger partial charge in [-0.1, -0.05) is 12.1 Å². The van der Waals surface area contributed by atoms with Crippen molar-refractivity contribution in [1.82, 2.24) is 20.9 Å². The zero-order valence-corrected chi connectivity index (χ0v) is 21.5. The number of carboxylic acid groups (broad SMARTS) is 1. The van der Waals surface area contributed by atoms with Gasteiger partial charge in [-0.3, -0.25) is 9.59 Å². The summed E-state index contributed by atoms with van der Waals surface area (Å²) in [6.07, 6.45) is 1.79. The van der Waals surface area contributed by atoms with Crippen molar-refractivity contribution in [3.05, 3.63) is 47.5 Å². The summed E-state index contributed by atoms with van der Waals surface area (Å²) < 4.78 is 0. The monoisotopic (exact) mass is 512 g/mol. The predicted molar refractivity (Wildman–Crippen MR) is 139 cm³/mol. The van der Waals surface area contributed by atoms with E-state index in [1.807, 2.05) is 7.05 Å². The van der Waals surface area contributed by atoms with E-state index in [0.29, 0.717) is 29.5 Å². The van der Waals surface area contributed by atoms with E-state index in [2.05, 4.69) is 16.0 Å². The summed E-state index contributed by atoms with van der Waals surface area (Å²) in [5.74, 6) is -2.20. The molecule has 10 nitrogen and oxygen atoms in total. The standard InChI is InChI=1S/C27H36N4O6/c1-28-11-5-4-6-20-26(35)31(3)22(27(36)37)15-19-13-17(8-10-24(19)33)16-7-9-23(32)18(12-16)14-21(29-2)25(34)30-20/h7-10,12-13,20-22,28-29,32-33H,4-6,11,14-15H2,1-3H3,(H,30,34)(H,36,37)/t20-,21-,22-/m0/s1. The highest BCUT2D eigenvalue weighted by Crippen LogP contribution is 2.31. The number of carbonyl (C=O) groups is 3. The topological polar surface area (TPSA) is 151 Å². The van der Waals surface area contributed by atoms with E-state index >= 15 is 0 Å². The van der Waals surface area contributed by atoms with Gasteiger partial charge in [-0.05, 0) is 86.4 Å². The van der Waals surface area contributed by atoms with Gasteiger partial charge in [0.2, 0.25) is 11.8 Å². The van der Waals surface area contributed by atoms with Crippen LogP contribution >= 0.6 is 0 Å². The molecule has 2 aromatic rings. The summed E-state index contributed by atoms with van der Waals surface area (Å²) in [5.41, 5.74) is 2.35. The van der Waals surface area contributed by atoms with Crippen LogP contribution in [0.25, 0.3) is 11.1 Å². The molecule has 10 heteroatoms. The van der Waals surface area contributed by atoms with E-state index in [9.17, 15) is 29.7 Å². The number of aromatic hydroxyl groups is 2. The lowest BCUT2D eigenvalue weighted by atomic mass is 9.95. The summed E-state index contributed by atoms with van der Waals surface area (Å²) in [5, 5.41) is 39.8. The number of aliphatic carboxylic acids is 1. The van der Waals surface area contributed by atoms with Crippen LogP contribution in [0.1, 0.15) is 30.4 Å². The third-order valence-electron chi connectivity index (χ3n) is 6.88. The molecule has 2 amide bonds. The lowest BCUT2D eigenvalue weighted by Gasteiger charge is -2.30. The minimum Gasteiger partial charge on any atom is -0.508 e. The highest BCUT2D eigenvalue weighted by molar-refractivity contribution is 5.92. The van der Waals surface area contributed by atoms with Gasteiger partial charge < -0.3 is 36.2 Å². The minimum absolute atomic E-state index is 0.0329. The van der Waals surface area contributed by atoms with Crippen LogP contribution in [0.15, 0.2) is 36.4 Å². The van der Waals surface area contributed by atoms with Gasteiger partial charge in [0.25, 0.3) is 0 Å². The number of hydrogen-bond donors (Lipinski definition) is 6. The van der Waals surface area contributed by atoms with Crippen molar-refractivity contribution in [1.29, 1.82) is 0 Å². The van der Waals surface area contributed by atoms with E-state index in [1.54, 1.807) is 37.4 Å². The number of benzene rings is 2. The van der Waals surface area contributed by atoms with E-state index in [4.69, 9.17) is 0 Å². The van der Waals surface area contributed by atoms with E-state index in [1.165, 1.54) is 13.1 Å². The highest BCUT2D eigenvalue weighted by atomic mass is 16.4. The quantitative estimate of drug-likeness (QED) is 0.303. The number of rotatable bonds is 7. The molecule has 1 heterocycles. The van der Waals surface area contributed by atoms with Crippen LogP contribution < -0.4 is 16.0 Å². The van der Waals surface area contributed by atoms with E-state index in [0.717, 1.165) is 23.4 Å². The Morgan fingerprint density at radius 3 is 2.14 bits per heavy atom. The number of nitrogens with zero attached hydrogens (tertiary/aromatic N) is 1. The molecule has 6 N–H and O–H groups in total. The molecule has 0 saturated heterocycles. The van der Waals surface area contributed by atoms with Crippen molar-refractivity contribution in [2.24, 2.45) is 0 Å². The number of phenolic OH excluding ortho intramolecular Hbond substituents is 2. The molecule has 4 bridgehead atoms. The molecular weight excluding hydrogens is 476 g/mol. The van der Waals surface area contributed by atoms with Crippen LogP contribution in [0.4, 0.5) is 0 Å². The molecule has 0 spiro atoms. The average Bonchev–Trinajstić information content (AvgIpc) is 2.88. The first-order valence-corrected chi connectivity index (χ1v) is 12.4. The fraction of sp³-hybridized carbons (Fsp3) is 0.444. The van der Waals surface area contributed by atoms with Gasteiger partial charge >= 0.3 is 5.97 Å². The second-order valence-electron chi connectivity index (χ2n) is 9.40. The Balaban J connectivity index is 2.09. The van der Waals surface area contributed by atoms with Gasteiger partial charge in [0.15, 0.2) is 0 Å². The van der Waals surface area contributed by atoms with Crippen LogP contribution in [-0.2, 0) is 27.2 Å². The Hall–Kier alpha value is -3.63. The first-order chi connectivity index (χ1) is 17.7. The molecule has 1 aliphatic rings. The highest BCUT2D eigenvalue weighted by Gasteiger charge is 2.34. The van der Waals surface area contributed by atoms with Gasteiger partial charge in [-0.25, -0.2) is 4.79 Å². The van der Waals surface area contributed by atoms with Crippen molar-refractivity contribution in [3.8, 4) is 22.6 Å². The van der Waals surface area contributed by atoms with Gasteiger partial charge in [0.05, 0.1) is 6.04 Å². The Labute approximate surface area is 216 Å². The number of fused-ring (bicyclic) bond motifs is 5. The minimum atomic E-state index is -1.26. The van der Waals surface area contributed by atoms with Crippen molar-refractivity contribution >= 4 is 17.8 Å². The maximum atomic E-state index is 13.5. The summed E-state index contributed by atoms with van der Waals surface area (Å²) in [4.78, 5) is 40.2. The number of unbranched alkanes of at least 4 members (excludes halogenated alkanes) is 1. The summed E-state index contributed by atoms with van der Waals surface area (Å²) in [6.45, 7) is 0.743. The molecule has 0 aliphatic carbocycles. The molecule has 3 rings (SSSR count). The molecular formula is C27H36N4O6. The van der Waals surface area contributed by atoms with Crippen molar-refractivity contribution in [2.75, 3.05) is 27.7 Å². The molecule has 0 unspecified atom stereocenters. The number of nitrogens with one attached hydrogen (secondary N) is 3. The lowest BCUT2D eigenvalue weighted by Crippen LogP contribution is -2.56. The first kappa shape index (κ1) is 27.9. The van der Waals surface area contributed by atoms with Crippen LogP contribution in [0.3, 0.4) is 0 Å². The average molecular weight is 513 g/mol.